The van der Waals surface area contributed by atoms with E-state index in [0.717, 1.165) is 50.8 Å². The Bertz CT molecular complexity index is 508. The molecule has 2 N–H and O–H groups in total. The minimum atomic E-state index is 0.151. The molecule has 1 unspecified atom stereocenters. The van der Waals surface area contributed by atoms with Crippen molar-refractivity contribution in [1.82, 2.24) is 0 Å². The van der Waals surface area contributed by atoms with Gasteiger partial charge >= 0.3 is 0 Å². The Morgan fingerprint density at radius 2 is 2.05 bits per heavy atom. The molecule has 0 aromatic heterocycles. The third-order valence-corrected chi connectivity index (χ3v) is 4.85. The van der Waals surface area contributed by atoms with Gasteiger partial charge in [0.05, 0.1) is 0 Å². The summed E-state index contributed by atoms with van der Waals surface area (Å²) < 4.78 is 0. The number of fused-ring (bicyclic) bond motifs is 1. The summed E-state index contributed by atoms with van der Waals surface area (Å²) in [5, 5.41) is 0. The first-order chi connectivity index (χ1) is 10.6. The van der Waals surface area contributed by atoms with Gasteiger partial charge in [0, 0.05) is 17.6 Å². The number of rotatable bonds is 7. The molecule has 0 fully saturated rings. The van der Waals surface area contributed by atoms with Gasteiger partial charge in [0.2, 0.25) is 5.91 Å². The van der Waals surface area contributed by atoms with E-state index in [1.807, 2.05) is 4.90 Å². The summed E-state index contributed by atoms with van der Waals surface area (Å²) >= 11 is 0. The van der Waals surface area contributed by atoms with Crippen LogP contribution in [0.25, 0.3) is 0 Å². The number of anilines is 1. The molecule has 2 rings (SSSR count). The quantitative estimate of drug-likeness (QED) is 0.781. The Morgan fingerprint density at radius 3 is 2.68 bits per heavy atom. The zero-order valence-corrected chi connectivity index (χ0v) is 14.3. The van der Waals surface area contributed by atoms with Crippen molar-refractivity contribution in [2.24, 2.45) is 11.7 Å². The lowest BCUT2D eigenvalue weighted by Crippen LogP contribution is -2.39. The largest absolute Gasteiger partial charge is 0.330 e. The molecule has 1 atom stereocenters. The molecule has 0 saturated heterocycles. The van der Waals surface area contributed by atoms with Crippen LogP contribution in [-0.4, -0.2) is 18.5 Å². The van der Waals surface area contributed by atoms with Gasteiger partial charge in [-0.3, -0.25) is 4.79 Å². The highest BCUT2D eigenvalue weighted by Crippen LogP contribution is 2.35. The van der Waals surface area contributed by atoms with Crippen molar-refractivity contribution in [2.45, 2.75) is 65.3 Å². The zero-order valence-electron chi connectivity index (χ0n) is 14.3. The van der Waals surface area contributed by atoms with E-state index in [9.17, 15) is 4.79 Å². The molecule has 1 aliphatic heterocycles. The van der Waals surface area contributed by atoms with Gasteiger partial charge in [-0.15, -0.1) is 0 Å². The molecule has 1 heterocycles. The maximum Gasteiger partial charge on any atom is 0.230 e. The summed E-state index contributed by atoms with van der Waals surface area (Å²) in [5.41, 5.74) is 9.40. The fourth-order valence-corrected chi connectivity index (χ4v) is 3.48. The van der Waals surface area contributed by atoms with Crippen molar-refractivity contribution in [1.29, 1.82) is 0 Å². The van der Waals surface area contributed by atoms with E-state index in [-0.39, 0.29) is 12.0 Å². The minimum Gasteiger partial charge on any atom is -0.330 e. The van der Waals surface area contributed by atoms with Gasteiger partial charge in [0.25, 0.3) is 0 Å². The van der Waals surface area contributed by atoms with Crippen LogP contribution in [0.3, 0.4) is 0 Å². The first-order valence-electron chi connectivity index (χ1n) is 8.77. The Morgan fingerprint density at radius 1 is 1.32 bits per heavy atom. The van der Waals surface area contributed by atoms with Gasteiger partial charge in [-0.05, 0) is 69.2 Å². The molecule has 22 heavy (non-hydrogen) atoms. The van der Waals surface area contributed by atoms with Crippen molar-refractivity contribution in [2.75, 3.05) is 11.4 Å². The molecule has 1 aromatic carbocycles. The van der Waals surface area contributed by atoms with Crippen molar-refractivity contribution in [3.05, 3.63) is 29.3 Å². The van der Waals surface area contributed by atoms with Crippen LogP contribution in [0.1, 0.15) is 57.6 Å². The molecule has 1 aliphatic rings. The number of hydrogen-bond acceptors (Lipinski definition) is 2. The number of hydrogen-bond donors (Lipinski definition) is 1. The van der Waals surface area contributed by atoms with Crippen LogP contribution in [0.15, 0.2) is 18.2 Å². The molecule has 122 valence electrons. The lowest BCUT2D eigenvalue weighted by atomic mass is 10.0. The highest BCUT2D eigenvalue weighted by molar-refractivity contribution is 5.97. The van der Waals surface area contributed by atoms with Crippen LogP contribution < -0.4 is 10.6 Å². The SMILES string of the molecule is CCC(CC)C(=O)N1c2ccc(CCCCN)cc2CC1C. The van der Waals surface area contributed by atoms with Gasteiger partial charge in [0.1, 0.15) is 0 Å². The predicted molar refractivity (Wildman–Crippen MR) is 93.2 cm³/mol. The molecule has 0 bridgehead atoms. The number of benzene rings is 1. The van der Waals surface area contributed by atoms with Gasteiger partial charge in [-0.2, -0.15) is 0 Å². The second-order valence-corrected chi connectivity index (χ2v) is 6.48. The number of amides is 1. The Hall–Kier alpha value is -1.35. The van der Waals surface area contributed by atoms with Gasteiger partial charge in [0.15, 0.2) is 0 Å². The summed E-state index contributed by atoms with van der Waals surface area (Å²) in [5.74, 6) is 0.449. The van der Waals surface area contributed by atoms with Crippen LogP contribution in [0.4, 0.5) is 5.69 Å². The zero-order chi connectivity index (χ0) is 16.1. The Kier molecular flexibility index (Phi) is 6.01. The van der Waals surface area contributed by atoms with Crippen LogP contribution in [0.5, 0.6) is 0 Å². The second kappa shape index (κ2) is 7.77. The standard InChI is InChI=1S/C19H30N2O/c1-4-16(5-2)19(22)21-14(3)12-17-13-15(8-6-7-11-20)9-10-18(17)21/h9-10,13-14,16H,4-8,11-12,20H2,1-3H3. The molecular formula is C19H30N2O. The van der Waals surface area contributed by atoms with Crippen molar-refractivity contribution < 1.29 is 4.79 Å². The predicted octanol–water partition coefficient (Wildman–Crippen LogP) is 3.68. The third kappa shape index (κ3) is 3.52. The number of nitrogens with two attached hydrogens (primary N) is 1. The number of aryl methyl sites for hydroxylation is 1. The van der Waals surface area contributed by atoms with Crippen LogP contribution >= 0.6 is 0 Å². The smallest absolute Gasteiger partial charge is 0.230 e. The fraction of sp³-hybridized carbons (Fsp3) is 0.632. The van der Waals surface area contributed by atoms with E-state index in [0.29, 0.717) is 5.91 Å². The molecule has 0 spiro atoms. The van der Waals surface area contributed by atoms with Crippen LogP contribution in [0.2, 0.25) is 0 Å². The monoisotopic (exact) mass is 302 g/mol. The highest BCUT2D eigenvalue weighted by atomic mass is 16.2. The van der Waals surface area contributed by atoms with Crippen LogP contribution in [0, 0.1) is 5.92 Å². The van der Waals surface area contributed by atoms with E-state index < -0.39 is 0 Å². The molecule has 1 aromatic rings. The topological polar surface area (TPSA) is 46.3 Å². The molecule has 3 heteroatoms. The molecule has 1 amide bonds. The highest BCUT2D eigenvalue weighted by Gasteiger charge is 2.33. The van der Waals surface area contributed by atoms with E-state index >= 15 is 0 Å². The van der Waals surface area contributed by atoms with Crippen LogP contribution in [-0.2, 0) is 17.6 Å². The first-order valence-corrected chi connectivity index (χ1v) is 8.77. The fourth-order valence-electron chi connectivity index (χ4n) is 3.48. The average Bonchev–Trinajstić information content (AvgIpc) is 2.83. The van der Waals surface area contributed by atoms with E-state index in [1.165, 1.54) is 11.1 Å². The van der Waals surface area contributed by atoms with Gasteiger partial charge in [-0.25, -0.2) is 0 Å². The summed E-state index contributed by atoms with van der Waals surface area (Å²) in [4.78, 5) is 14.8. The molecule has 3 nitrogen and oxygen atoms in total. The normalized spacial score (nSPS) is 17.1. The lowest BCUT2D eigenvalue weighted by Gasteiger charge is -2.26. The van der Waals surface area contributed by atoms with E-state index in [4.69, 9.17) is 5.73 Å². The first kappa shape index (κ1) is 17.0. The molecule has 0 radical (unpaired) electrons. The molecule has 0 aliphatic carbocycles. The summed E-state index contributed by atoms with van der Waals surface area (Å²) in [6.07, 6.45) is 6.12. The van der Waals surface area contributed by atoms with Crippen molar-refractivity contribution in [3.8, 4) is 0 Å². The number of carbonyl (C=O) groups excluding carboxylic acids is 1. The third-order valence-electron chi connectivity index (χ3n) is 4.85. The van der Waals surface area contributed by atoms with E-state index in [1.54, 1.807) is 0 Å². The minimum absolute atomic E-state index is 0.151. The summed E-state index contributed by atoms with van der Waals surface area (Å²) in [6, 6.07) is 6.90. The van der Waals surface area contributed by atoms with Crippen molar-refractivity contribution in [3.63, 3.8) is 0 Å². The maximum absolute atomic E-state index is 12.8. The Balaban J connectivity index is 2.17. The number of unbranched alkanes of at least 4 members (excludes halogenated alkanes) is 1. The second-order valence-electron chi connectivity index (χ2n) is 6.48. The molecular weight excluding hydrogens is 272 g/mol. The summed E-state index contributed by atoms with van der Waals surface area (Å²) in [6.45, 7) is 7.14. The number of carbonyl (C=O) groups is 1. The number of nitrogens with zero attached hydrogens (tertiary/aromatic N) is 1. The van der Waals surface area contributed by atoms with Crippen molar-refractivity contribution >= 4 is 11.6 Å². The summed E-state index contributed by atoms with van der Waals surface area (Å²) in [7, 11) is 0. The average molecular weight is 302 g/mol. The Labute approximate surface area is 134 Å². The lowest BCUT2D eigenvalue weighted by molar-refractivity contribution is -0.122. The van der Waals surface area contributed by atoms with E-state index in [2.05, 4.69) is 39.0 Å². The maximum atomic E-state index is 12.8. The van der Waals surface area contributed by atoms with Gasteiger partial charge in [-0.1, -0.05) is 26.0 Å². The van der Waals surface area contributed by atoms with Gasteiger partial charge < -0.3 is 10.6 Å². The molecule has 0 saturated carbocycles.